The molecule has 4 heteroatoms. The molecule has 1 atom stereocenters. The Balaban J connectivity index is 2.53. The molecule has 0 aromatic rings. The van der Waals surface area contributed by atoms with Gasteiger partial charge in [0.1, 0.15) is 9.84 Å². The fourth-order valence-corrected chi connectivity index (χ4v) is 4.05. The second kappa shape index (κ2) is 6.01. The van der Waals surface area contributed by atoms with Crippen LogP contribution in [0, 0.1) is 11.8 Å². The van der Waals surface area contributed by atoms with Crippen molar-refractivity contribution in [1.82, 2.24) is 5.32 Å². The molecule has 1 aliphatic rings. The molecule has 3 nitrogen and oxygen atoms in total. The highest BCUT2D eigenvalue weighted by atomic mass is 32.2. The van der Waals surface area contributed by atoms with Gasteiger partial charge in [-0.3, -0.25) is 0 Å². The van der Waals surface area contributed by atoms with Gasteiger partial charge < -0.3 is 5.32 Å². The van der Waals surface area contributed by atoms with Crippen LogP contribution in [-0.4, -0.2) is 32.5 Å². The minimum absolute atomic E-state index is 0.384. The fourth-order valence-electron chi connectivity index (χ4n) is 2.53. The first-order valence-electron chi connectivity index (χ1n) is 6.40. The molecular weight excluding hydrogens is 222 g/mol. The Morgan fingerprint density at radius 2 is 1.81 bits per heavy atom. The summed E-state index contributed by atoms with van der Waals surface area (Å²) in [5.41, 5.74) is 0. The molecule has 1 unspecified atom stereocenters. The Labute approximate surface area is 99.9 Å². The molecule has 0 bridgehead atoms. The predicted octanol–water partition coefficient (Wildman–Crippen LogP) is 1.84. The van der Waals surface area contributed by atoms with Gasteiger partial charge in [-0.15, -0.1) is 0 Å². The molecule has 1 heterocycles. The van der Waals surface area contributed by atoms with Crippen molar-refractivity contribution in [3.05, 3.63) is 0 Å². The molecule has 1 aliphatic heterocycles. The zero-order valence-electron chi connectivity index (χ0n) is 10.7. The molecular formula is C12H25NO2S. The summed E-state index contributed by atoms with van der Waals surface area (Å²) in [6, 6.07) is 0.482. The second-order valence-electron chi connectivity index (χ2n) is 5.21. The molecule has 96 valence electrons. The molecule has 0 amide bonds. The monoisotopic (exact) mass is 247 g/mol. The lowest BCUT2D eigenvalue weighted by Gasteiger charge is -2.33. The van der Waals surface area contributed by atoms with E-state index in [2.05, 4.69) is 26.1 Å². The third-order valence-corrected chi connectivity index (χ3v) is 5.17. The summed E-state index contributed by atoms with van der Waals surface area (Å²) in [5.74, 6) is 1.89. The van der Waals surface area contributed by atoms with Crippen LogP contribution in [0.1, 0.15) is 40.0 Å². The van der Waals surface area contributed by atoms with Crippen LogP contribution < -0.4 is 5.32 Å². The van der Waals surface area contributed by atoms with Gasteiger partial charge in [0.05, 0.1) is 11.5 Å². The molecule has 0 aliphatic carbocycles. The number of hydrogen-bond donors (Lipinski definition) is 1. The van der Waals surface area contributed by atoms with Crippen LogP contribution in [0.15, 0.2) is 0 Å². The maximum atomic E-state index is 11.4. The highest BCUT2D eigenvalue weighted by Crippen LogP contribution is 2.25. The average Bonchev–Trinajstić information content (AvgIpc) is 2.20. The number of sulfone groups is 1. The summed E-state index contributed by atoms with van der Waals surface area (Å²) in [5, 5.41) is 3.57. The first kappa shape index (κ1) is 14.0. The summed E-state index contributed by atoms with van der Waals surface area (Å²) >= 11 is 0. The smallest absolute Gasteiger partial charge is 0.150 e. The molecule has 16 heavy (non-hydrogen) atoms. The van der Waals surface area contributed by atoms with Crippen LogP contribution in [0.2, 0.25) is 0 Å². The van der Waals surface area contributed by atoms with Crippen LogP contribution in [0.3, 0.4) is 0 Å². The molecule has 0 saturated carbocycles. The highest BCUT2D eigenvalue weighted by Gasteiger charge is 2.30. The van der Waals surface area contributed by atoms with E-state index in [0.29, 0.717) is 29.4 Å². The van der Waals surface area contributed by atoms with Gasteiger partial charge in [0, 0.05) is 6.04 Å². The number of nitrogens with one attached hydrogen (secondary N) is 1. The molecule has 1 rings (SSSR count). The third kappa shape index (κ3) is 4.06. The van der Waals surface area contributed by atoms with Crippen molar-refractivity contribution >= 4 is 9.84 Å². The van der Waals surface area contributed by atoms with Crippen molar-refractivity contribution in [1.29, 1.82) is 0 Å². The molecule has 0 radical (unpaired) electrons. The van der Waals surface area contributed by atoms with E-state index in [1.54, 1.807) is 0 Å². The molecule has 1 N–H and O–H groups in total. The molecule has 0 spiro atoms. The van der Waals surface area contributed by atoms with Crippen molar-refractivity contribution < 1.29 is 8.42 Å². The number of rotatable bonds is 5. The van der Waals surface area contributed by atoms with Crippen LogP contribution in [0.4, 0.5) is 0 Å². The average molecular weight is 247 g/mol. The lowest BCUT2D eigenvalue weighted by molar-refractivity contribution is 0.265. The van der Waals surface area contributed by atoms with E-state index in [0.717, 1.165) is 25.8 Å². The zero-order valence-corrected chi connectivity index (χ0v) is 11.5. The van der Waals surface area contributed by atoms with E-state index in [1.807, 2.05) is 0 Å². The summed E-state index contributed by atoms with van der Waals surface area (Å²) in [6.45, 7) is 7.63. The SMILES string of the molecule is CCCNC(C(C)C)C1CCS(=O)(=O)CC1. The number of hydrogen-bond acceptors (Lipinski definition) is 3. The highest BCUT2D eigenvalue weighted by molar-refractivity contribution is 7.91. The van der Waals surface area contributed by atoms with Gasteiger partial charge in [0.2, 0.25) is 0 Å². The van der Waals surface area contributed by atoms with E-state index in [1.165, 1.54) is 0 Å². The van der Waals surface area contributed by atoms with Crippen molar-refractivity contribution in [3.8, 4) is 0 Å². The predicted molar refractivity (Wildman–Crippen MR) is 68.3 cm³/mol. The van der Waals surface area contributed by atoms with Crippen LogP contribution in [0.25, 0.3) is 0 Å². The van der Waals surface area contributed by atoms with Gasteiger partial charge in [-0.2, -0.15) is 0 Å². The largest absolute Gasteiger partial charge is 0.313 e. The first-order valence-corrected chi connectivity index (χ1v) is 8.22. The molecule has 0 aromatic heterocycles. The molecule has 1 fully saturated rings. The Morgan fingerprint density at radius 1 is 1.25 bits per heavy atom. The lowest BCUT2D eigenvalue weighted by Crippen LogP contribution is -2.44. The van der Waals surface area contributed by atoms with Gasteiger partial charge in [-0.05, 0) is 37.6 Å². The first-order chi connectivity index (χ1) is 7.46. The van der Waals surface area contributed by atoms with Crippen LogP contribution in [-0.2, 0) is 9.84 Å². The zero-order chi connectivity index (χ0) is 12.2. The van der Waals surface area contributed by atoms with Crippen molar-refractivity contribution in [2.75, 3.05) is 18.1 Å². The standard InChI is InChI=1S/C12H25NO2S/c1-4-7-13-12(10(2)3)11-5-8-16(14,15)9-6-11/h10-13H,4-9H2,1-3H3. The van der Waals surface area contributed by atoms with E-state index >= 15 is 0 Å². The van der Waals surface area contributed by atoms with Crippen LogP contribution >= 0.6 is 0 Å². The maximum absolute atomic E-state index is 11.4. The quantitative estimate of drug-likeness (QED) is 0.806. The summed E-state index contributed by atoms with van der Waals surface area (Å²) in [4.78, 5) is 0. The van der Waals surface area contributed by atoms with Gasteiger partial charge in [-0.25, -0.2) is 8.42 Å². The van der Waals surface area contributed by atoms with E-state index in [9.17, 15) is 8.42 Å². The Bertz CT molecular complexity index is 284. The summed E-state index contributed by atoms with van der Waals surface area (Å²) < 4.78 is 22.8. The van der Waals surface area contributed by atoms with E-state index in [-0.39, 0.29) is 0 Å². The Kier molecular flexibility index (Phi) is 5.25. The van der Waals surface area contributed by atoms with E-state index in [4.69, 9.17) is 0 Å². The molecule has 0 aromatic carbocycles. The normalized spacial score (nSPS) is 23.5. The lowest BCUT2D eigenvalue weighted by atomic mass is 9.86. The fraction of sp³-hybridized carbons (Fsp3) is 1.00. The minimum atomic E-state index is -2.72. The van der Waals surface area contributed by atoms with Crippen molar-refractivity contribution in [2.45, 2.75) is 46.1 Å². The minimum Gasteiger partial charge on any atom is -0.313 e. The summed E-state index contributed by atoms with van der Waals surface area (Å²) in [7, 11) is -2.72. The maximum Gasteiger partial charge on any atom is 0.150 e. The van der Waals surface area contributed by atoms with E-state index < -0.39 is 9.84 Å². The van der Waals surface area contributed by atoms with Gasteiger partial charge in [0.25, 0.3) is 0 Å². The summed E-state index contributed by atoms with van der Waals surface area (Å²) in [6.07, 6.45) is 2.80. The Hall–Kier alpha value is -0.0900. The van der Waals surface area contributed by atoms with Crippen LogP contribution in [0.5, 0.6) is 0 Å². The van der Waals surface area contributed by atoms with Gasteiger partial charge in [0.15, 0.2) is 0 Å². The third-order valence-electron chi connectivity index (χ3n) is 3.46. The molecule has 1 saturated heterocycles. The van der Waals surface area contributed by atoms with Gasteiger partial charge >= 0.3 is 0 Å². The van der Waals surface area contributed by atoms with Crippen molar-refractivity contribution in [3.63, 3.8) is 0 Å². The van der Waals surface area contributed by atoms with Gasteiger partial charge in [-0.1, -0.05) is 20.8 Å². The topological polar surface area (TPSA) is 46.2 Å². The Morgan fingerprint density at radius 3 is 2.25 bits per heavy atom. The second-order valence-corrected chi connectivity index (χ2v) is 7.52. The van der Waals surface area contributed by atoms with Crippen molar-refractivity contribution in [2.24, 2.45) is 11.8 Å².